The molecule has 0 N–H and O–H groups in total. The summed E-state index contributed by atoms with van der Waals surface area (Å²) in [7, 11) is -3.94. The molecule has 0 radical (unpaired) electrons. The minimum atomic E-state index is -3.94. The fourth-order valence-electron chi connectivity index (χ4n) is 2.51. The van der Waals surface area contributed by atoms with Crippen LogP contribution in [0.1, 0.15) is 25.3 Å². The molecule has 136 valence electrons. The van der Waals surface area contributed by atoms with Gasteiger partial charge in [0.1, 0.15) is 16.2 Å². The van der Waals surface area contributed by atoms with Gasteiger partial charge in [0.25, 0.3) is 0 Å². The van der Waals surface area contributed by atoms with Gasteiger partial charge < -0.3 is 8.92 Å². The van der Waals surface area contributed by atoms with Gasteiger partial charge in [0.2, 0.25) is 0 Å². The maximum absolute atomic E-state index is 12.6. The fourth-order valence-corrected chi connectivity index (χ4v) is 3.45. The Labute approximate surface area is 153 Å². The number of aromatic nitrogens is 1. The van der Waals surface area contributed by atoms with Gasteiger partial charge in [-0.2, -0.15) is 8.42 Å². The van der Waals surface area contributed by atoms with E-state index >= 15 is 0 Å². The predicted octanol–water partition coefficient (Wildman–Crippen LogP) is 4.49. The van der Waals surface area contributed by atoms with Crippen LogP contribution < -0.4 is 8.92 Å². The summed E-state index contributed by atoms with van der Waals surface area (Å²) in [5, 5.41) is 0.722. The van der Waals surface area contributed by atoms with Crippen LogP contribution in [0.25, 0.3) is 10.9 Å². The van der Waals surface area contributed by atoms with Gasteiger partial charge in [0.15, 0.2) is 5.75 Å². The zero-order valence-electron chi connectivity index (χ0n) is 14.8. The largest absolute Gasteiger partial charge is 0.493 e. The van der Waals surface area contributed by atoms with Gasteiger partial charge in [-0.15, -0.1) is 0 Å². The highest BCUT2D eigenvalue weighted by Gasteiger charge is 2.19. The van der Waals surface area contributed by atoms with Crippen molar-refractivity contribution in [2.45, 2.75) is 31.6 Å². The zero-order chi connectivity index (χ0) is 18.6. The minimum Gasteiger partial charge on any atom is -0.493 e. The molecule has 0 saturated heterocycles. The van der Waals surface area contributed by atoms with E-state index in [0.717, 1.165) is 23.8 Å². The number of nitrogens with zero attached hydrogens (tertiary/aromatic N) is 1. The van der Waals surface area contributed by atoms with E-state index in [-0.39, 0.29) is 10.6 Å². The number of ether oxygens (including phenoxy) is 1. The molecule has 6 heteroatoms. The maximum atomic E-state index is 12.6. The third kappa shape index (κ3) is 3.96. The Bertz CT molecular complexity index is 998. The Morgan fingerprint density at radius 1 is 1.00 bits per heavy atom. The normalized spacial score (nSPS) is 11.5. The molecule has 0 aliphatic carbocycles. The first-order chi connectivity index (χ1) is 12.5. The third-order valence-corrected chi connectivity index (χ3v) is 5.21. The van der Waals surface area contributed by atoms with Crippen molar-refractivity contribution in [3.05, 3.63) is 60.3 Å². The maximum Gasteiger partial charge on any atom is 0.339 e. The van der Waals surface area contributed by atoms with E-state index in [2.05, 4.69) is 11.9 Å². The molecule has 2 aromatic carbocycles. The quantitative estimate of drug-likeness (QED) is 0.452. The summed E-state index contributed by atoms with van der Waals surface area (Å²) in [5.74, 6) is 0.852. The van der Waals surface area contributed by atoms with Crippen molar-refractivity contribution < 1.29 is 17.3 Å². The van der Waals surface area contributed by atoms with Crippen LogP contribution in [0, 0.1) is 6.92 Å². The van der Waals surface area contributed by atoms with Gasteiger partial charge in [-0.05, 0) is 43.7 Å². The monoisotopic (exact) mass is 371 g/mol. The van der Waals surface area contributed by atoms with Crippen molar-refractivity contribution in [2.24, 2.45) is 0 Å². The van der Waals surface area contributed by atoms with E-state index in [1.165, 1.54) is 12.1 Å². The number of aryl methyl sites for hydroxylation is 1. The molecule has 0 aliphatic rings. The second-order valence-electron chi connectivity index (χ2n) is 6.01. The van der Waals surface area contributed by atoms with Gasteiger partial charge in [0.05, 0.1) is 6.61 Å². The highest BCUT2D eigenvalue weighted by molar-refractivity contribution is 7.87. The van der Waals surface area contributed by atoms with Crippen molar-refractivity contribution in [3.63, 3.8) is 0 Å². The van der Waals surface area contributed by atoms with Crippen LogP contribution >= 0.6 is 0 Å². The number of para-hydroxylation sites is 1. The molecule has 0 saturated carbocycles. The molecule has 1 heterocycles. The van der Waals surface area contributed by atoms with E-state index < -0.39 is 10.1 Å². The lowest BCUT2D eigenvalue weighted by atomic mass is 10.2. The molecule has 3 aromatic rings. The van der Waals surface area contributed by atoms with Crippen molar-refractivity contribution in [2.75, 3.05) is 6.61 Å². The van der Waals surface area contributed by atoms with Gasteiger partial charge >= 0.3 is 10.1 Å². The summed E-state index contributed by atoms with van der Waals surface area (Å²) in [5.41, 5.74) is 1.43. The van der Waals surface area contributed by atoms with Crippen molar-refractivity contribution in [1.29, 1.82) is 0 Å². The first-order valence-electron chi connectivity index (χ1n) is 8.53. The molecule has 0 amide bonds. The van der Waals surface area contributed by atoms with Crippen LogP contribution in [-0.4, -0.2) is 20.0 Å². The molecule has 0 bridgehead atoms. The summed E-state index contributed by atoms with van der Waals surface area (Å²) in [6, 6.07) is 13.5. The van der Waals surface area contributed by atoms with Gasteiger partial charge in [-0.3, -0.25) is 4.98 Å². The Kier molecular flexibility index (Phi) is 5.42. The molecule has 0 atom stereocenters. The lowest BCUT2D eigenvalue weighted by molar-refractivity contribution is 0.312. The van der Waals surface area contributed by atoms with Gasteiger partial charge in [0, 0.05) is 11.6 Å². The summed E-state index contributed by atoms with van der Waals surface area (Å²) in [6.45, 7) is 4.59. The Morgan fingerprint density at radius 3 is 2.50 bits per heavy atom. The number of hydrogen-bond donors (Lipinski definition) is 0. The average Bonchev–Trinajstić information content (AvgIpc) is 2.63. The van der Waals surface area contributed by atoms with Crippen LogP contribution in [0.2, 0.25) is 0 Å². The minimum absolute atomic E-state index is 0.107. The number of rotatable bonds is 7. The molecule has 0 unspecified atom stereocenters. The van der Waals surface area contributed by atoms with Crippen LogP contribution in [0.15, 0.2) is 59.6 Å². The highest BCUT2D eigenvalue weighted by Crippen LogP contribution is 2.32. The van der Waals surface area contributed by atoms with Crippen molar-refractivity contribution in [1.82, 2.24) is 4.98 Å². The first kappa shape index (κ1) is 18.2. The van der Waals surface area contributed by atoms with E-state index in [9.17, 15) is 8.42 Å². The van der Waals surface area contributed by atoms with E-state index in [1.807, 2.05) is 13.0 Å². The van der Waals surface area contributed by atoms with E-state index in [1.54, 1.807) is 36.5 Å². The lowest BCUT2D eigenvalue weighted by Gasteiger charge is -2.12. The summed E-state index contributed by atoms with van der Waals surface area (Å²) >= 11 is 0. The standard InChI is InChI=1S/C20H21NO4S/c1-3-4-14-24-18-12-13-21-20-17(18)6-5-7-19(20)25-26(22,23)16-10-8-15(2)9-11-16/h5-13H,3-4,14H2,1-2H3. The summed E-state index contributed by atoms with van der Waals surface area (Å²) in [4.78, 5) is 4.40. The van der Waals surface area contributed by atoms with Crippen LogP contribution in [0.4, 0.5) is 0 Å². The number of hydrogen-bond acceptors (Lipinski definition) is 5. The molecule has 5 nitrogen and oxygen atoms in total. The molecule has 26 heavy (non-hydrogen) atoms. The molecular formula is C20H21NO4S. The zero-order valence-corrected chi connectivity index (χ0v) is 15.6. The first-order valence-corrected chi connectivity index (χ1v) is 9.94. The van der Waals surface area contributed by atoms with Gasteiger partial charge in [-0.25, -0.2) is 0 Å². The smallest absolute Gasteiger partial charge is 0.339 e. The molecular weight excluding hydrogens is 350 g/mol. The van der Waals surface area contributed by atoms with Gasteiger partial charge in [-0.1, -0.05) is 37.1 Å². The number of benzene rings is 2. The molecule has 0 aliphatic heterocycles. The topological polar surface area (TPSA) is 65.5 Å². The Hall–Kier alpha value is -2.60. The molecule has 0 spiro atoms. The second kappa shape index (κ2) is 7.74. The highest BCUT2D eigenvalue weighted by atomic mass is 32.2. The average molecular weight is 371 g/mol. The van der Waals surface area contributed by atoms with Crippen molar-refractivity contribution in [3.8, 4) is 11.5 Å². The fraction of sp³-hybridized carbons (Fsp3) is 0.250. The summed E-state index contributed by atoms with van der Waals surface area (Å²) in [6.07, 6.45) is 3.57. The van der Waals surface area contributed by atoms with Crippen LogP contribution in [-0.2, 0) is 10.1 Å². The second-order valence-corrected chi connectivity index (χ2v) is 7.56. The van der Waals surface area contributed by atoms with E-state index in [0.29, 0.717) is 17.9 Å². The Balaban J connectivity index is 1.95. The summed E-state index contributed by atoms with van der Waals surface area (Å²) < 4.78 is 36.3. The number of pyridine rings is 1. The third-order valence-electron chi connectivity index (χ3n) is 3.96. The molecule has 0 fully saturated rings. The number of fused-ring (bicyclic) bond motifs is 1. The van der Waals surface area contributed by atoms with Crippen LogP contribution in [0.5, 0.6) is 11.5 Å². The SMILES string of the molecule is CCCCOc1ccnc2c(OS(=O)(=O)c3ccc(C)cc3)cccc12. The number of unbranched alkanes of at least 4 members (excludes halogenated alkanes) is 1. The van der Waals surface area contributed by atoms with E-state index in [4.69, 9.17) is 8.92 Å². The lowest BCUT2D eigenvalue weighted by Crippen LogP contribution is -2.10. The van der Waals surface area contributed by atoms with Crippen LogP contribution in [0.3, 0.4) is 0 Å². The van der Waals surface area contributed by atoms with Crippen molar-refractivity contribution >= 4 is 21.0 Å². The molecule has 1 aromatic heterocycles. The molecule has 3 rings (SSSR count). The predicted molar refractivity (Wildman–Crippen MR) is 101 cm³/mol. The Morgan fingerprint density at radius 2 is 1.77 bits per heavy atom.